The molecule has 1 aromatic heterocycles. The quantitative estimate of drug-likeness (QED) is 0.376. The van der Waals surface area contributed by atoms with Crippen molar-refractivity contribution in [3.63, 3.8) is 0 Å². The number of aryl methyl sites for hydroxylation is 1. The summed E-state index contributed by atoms with van der Waals surface area (Å²) in [6.45, 7) is 1.42. The Bertz CT molecular complexity index is 1220. The molecule has 6 nitrogen and oxygen atoms in total. The molecule has 0 atom stereocenters. The number of ether oxygens (including phenoxy) is 1. The second-order valence-corrected chi connectivity index (χ2v) is 10.1. The minimum Gasteiger partial charge on any atom is -0.492 e. The Morgan fingerprint density at radius 1 is 1.11 bits per heavy atom. The first-order valence-corrected chi connectivity index (χ1v) is 12.7. The number of fused-ring (bicyclic) bond motifs is 2. The lowest BCUT2D eigenvalue weighted by atomic mass is 10.0. The summed E-state index contributed by atoms with van der Waals surface area (Å²) in [5.41, 5.74) is 1.36. The van der Waals surface area contributed by atoms with Crippen LogP contribution < -0.4 is 10.1 Å². The topological polar surface area (TPSA) is 59.4 Å². The molecule has 2 saturated heterocycles. The second kappa shape index (κ2) is 9.89. The highest BCUT2D eigenvalue weighted by atomic mass is 79.9. The lowest BCUT2D eigenvalue weighted by Gasteiger charge is -2.22. The Labute approximate surface area is 215 Å². The number of benzene rings is 2. The monoisotopic (exact) mass is 562 g/mol. The highest BCUT2D eigenvalue weighted by molar-refractivity contribution is 9.10. The molecule has 0 saturated carbocycles. The Morgan fingerprint density at radius 3 is 2.36 bits per heavy atom. The summed E-state index contributed by atoms with van der Waals surface area (Å²) in [6, 6.07) is 10.8. The molecule has 3 aromatic rings. The van der Waals surface area contributed by atoms with Crippen LogP contribution in [-0.4, -0.2) is 45.8 Å². The number of alkyl halides is 3. The summed E-state index contributed by atoms with van der Waals surface area (Å²) in [6.07, 6.45) is 2.31. The van der Waals surface area contributed by atoms with Crippen molar-refractivity contribution in [2.45, 2.75) is 43.9 Å². The Balaban J connectivity index is 1.34. The molecule has 36 heavy (non-hydrogen) atoms. The lowest BCUT2D eigenvalue weighted by Crippen LogP contribution is -2.32. The normalized spacial score (nSPS) is 19.6. The summed E-state index contributed by atoms with van der Waals surface area (Å²) < 4.78 is 47.2. The predicted octanol–water partition coefficient (Wildman–Crippen LogP) is 6.13. The molecule has 3 heterocycles. The van der Waals surface area contributed by atoms with E-state index in [-0.39, 0.29) is 5.56 Å². The van der Waals surface area contributed by atoms with Gasteiger partial charge in [0.25, 0.3) is 5.91 Å². The maximum absolute atomic E-state index is 12.8. The molecule has 1 amide bonds. The molecule has 10 heteroatoms. The van der Waals surface area contributed by atoms with Crippen molar-refractivity contribution in [2.24, 2.45) is 7.05 Å². The van der Waals surface area contributed by atoms with E-state index in [2.05, 4.69) is 31.2 Å². The maximum atomic E-state index is 12.8. The van der Waals surface area contributed by atoms with Crippen LogP contribution in [0.5, 0.6) is 5.75 Å². The zero-order valence-electron chi connectivity index (χ0n) is 19.7. The van der Waals surface area contributed by atoms with E-state index in [0.717, 1.165) is 34.4 Å². The van der Waals surface area contributed by atoms with Gasteiger partial charge >= 0.3 is 6.18 Å². The van der Waals surface area contributed by atoms with Gasteiger partial charge < -0.3 is 10.1 Å². The van der Waals surface area contributed by atoms with Crippen LogP contribution in [-0.2, 0) is 13.2 Å². The van der Waals surface area contributed by atoms with Gasteiger partial charge in [-0.2, -0.15) is 18.3 Å². The smallest absolute Gasteiger partial charge is 0.416 e. The van der Waals surface area contributed by atoms with Crippen LogP contribution in [0.25, 0.3) is 11.3 Å². The number of carbonyl (C=O) groups is 1. The molecule has 0 unspecified atom stereocenters. The van der Waals surface area contributed by atoms with Crippen molar-refractivity contribution in [1.82, 2.24) is 14.7 Å². The number of rotatable bonds is 7. The Hall–Kier alpha value is -2.85. The van der Waals surface area contributed by atoms with E-state index in [0.29, 0.717) is 30.1 Å². The van der Waals surface area contributed by atoms with E-state index in [1.54, 1.807) is 29.1 Å². The summed E-state index contributed by atoms with van der Waals surface area (Å²) in [5.74, 6) is 0.162. The zero-order valence-corrected chi connectivity index (χ0v) is 21.3. The first-order chi connectivity index (χ1) is 17.2. The third kappa shape index (κ3) is 5.01. The number of carbonyl (C=O) groups excluding carboxylic acids is 1. The van der Waals surface area contributed by atoms with Crippen molar-refractivity contribution in [3.05, 3.63) is 64.3 Å². The van der Waals surface area contributed by atoms with Gasteiger partial charge in [-0.1, -0.05) is 0 Å². The molecule has 2 aromatic carbocycles. The molecule has 2 bridgehead atoms. The minimum absolute atomic E-state index is 0.131. The average Bonchev–Trinajstić information content (AvgIpc) is 3.53. The molecular weight excluding hydrogens is 537 g/mol. The molecule has 0 aliphatic carbocycles. The number of nitrogens with one attached hydrogen (secondary N) is 1. The van der Waals surface area contributed by atoms with Gasteiger partial charge in [-0.25, -0.2) is 0 Å². The largest absolute Gasteiger partial charge is 0.492 e. The number of halogens is 4. The van der Waals surface area contributed by atoms with Crippen LogP contribution in [0.4, 0.5) is 18.9 Å². The molecule has 5 rings (SSSR count). The molecule has 0 spiro atoms. The molecule has 2 aliphatic rings. The van der Waals surface area contributed by atoms with Crippen molar-refractivity contribution in [1.29, 1.82) is 0 Å². The SMILES string of the molecule is Cn1ncc(Br)c1-c1cc(NC(=O)c2ccc(C(F)(F)F)cc2)ccc1OCCN1C2CCC1CC2. The zero-order chi connectivity index (χ0) is 25.4. The first-order valence-electron chi connectivity index (χ1n) is 11.9. The van der Waals surface area contributed by atoms with E-state index in [9.17, 15) is 18.0 Å². The van der Waals surface area contributed by atoms with Crippen molar-refractivity contribution < 1.29 is 22.7 Å². The standard InChI is InChI=1S/C26H26BrF3N4O2/c1-33-24(22(27)15-31-33)21-14-18(32-25(35)16-2-4-17(5-3-16)26(28,29)30)6-11-23(21)36-13-12-34-19-7-8-20(34)10-9-19/h2-6,11,14-15,19-20H,7-10,12-13H2,1H3,(H,32,35). The molecule has 1 N–H and O–H groups in total. The van der Waals surface area contributed by atoms with Crippen LogP contribution in [0.15, 0.2) is 53.1 Å². The lowest BCUT2D eigenvalue weighted by molar-refractivity contribution is -0.137. The molecule has 0 radical (unpaired) electrons. The summed E-state index contributed by atoms with van der Waals surface area (Å²) in [4.78, 5) is 15.3. The van der Waals surface area contributed by atoms with Gasteiger partial charge in [0.05, 0.1) is 21.9 Å². The van der Waals surface area contributed by atoms with Crippen molar-refractivity contribution in [2.75, 3.05) is 18.5 Å². The number of hydrogen-bond donors (Lipinski definition) is 1. The number of aromatic nitrogens is 2. The number of anilines is 1. The average molecular weight is 563 g/mol. The van der Waals surface area contributed by atoms with E-state index in [4.69, 9.17) is 4.74 Å². The van der Waals surface area contributed by atoms with Crippen LogP contribution in [0.2, 0.25) is 0 Å². The molecule has 2 aliphatic heterocycles. The van der Waals surface area contributed by atoms with E-state index >= 15 is 0 Å². The van der Waals surface area contributed by atoms with Crippen LogP contribution in [0, 0.1) is 0 Å². The maximum Gasteiger partial charge on any atom is 0.416 e. The van der Waals surface area contributed by atoms with Crippen molar-refractivity contribution in [3.8, 4) is 17.0 Å². The van der Waals surface area contributed by atoms with Crippen LogP contribution in [0.3, 0.4) is 0 Å². The molecule has 190 valence electrons. The van der Waals surface area contributed by atoms with Gasteiger partial charge in [-0.15, -0.1) is 0 Å². The molecule has 2 fully saturated rings. The minimum atomic E-state index is -4.45. The first kappa shape index (κ1) is 24.8. The third-order valence-corrected chi connectivity index (χ3v) is 7.65. The number of nitrogens with zero attached hydrogens (tertiary/aromatic N) is 3. The fourth-order valence-corrected chi connectivity index (χ4v) is 5.85. The highest BCUT2D eigenvalue weighted by Crippen LogP contribution is 2.39. The summed E-state index contributed by atoms with van der Waals surface area (Å²) in [5, 5.41) is 7.07. The Kier molecular flexibility index (Phi) is 6.82. The van der Waals surface area contributed by atoms with Gasteiger partial charge in [-0.3, -0.25) is 14.4 Å². The van der Waals surface area contributed by atoms with Gasteiger partial charge in [0.15, 0.2) is 0 Å². The Morgan fingerprint density at radius 2 is 1.78 bits per heavy atom. The number of amides is 1. The van der Waals surface area contributed by atoms with Gasteiger partial charge in [-0.05, 0) is 84.1 Å². The van der Waals surface area contributed by atoms with E-state index in [1.165, 1.54) is 37.8 Å². The third-order valence-electron chi connectivity index (χ3n) is 7.07. The summed E-state index contributed by atoms with van der Waals surface area (Å²) in [7, 11) is 1.82. The van der Waals surface area contributed by atoms with Crippen LogP contribution >= 0.6 is 15.9 Å². The fourth-order valence-electron chi connectivity index (χ4n) is 5.29. The van der Waals surface area contributed by atoms with Crippen molar-refractivity contribution >= 4 is 27.5 Å². The van der Waals surface area contributed by atoms with Gasteiger partial charge in [0, 0.05) is 42.5 Å². The predicted molar refractivity (Wildman–Crippen MR) is 134 cm³/mol. The van der Waals surface area contributed by atoms with Crippen LogP contribution in [0.1, 0.15) is 41.6 Å². The second-order valence-electron chi connectivity index (χ2n) is 9.25. The van der Waals surface area contributed by atoms with Gasteiger partial charge in [0.2, 0.25) is 0 Å². The highest BCUT2D eigenvalue weighted by Gasteiger charge is 2.38. The molecular formula is C26H26BrF3N4O2. The number of hydrogen-bond acceptors (Lipinski definition) is 4. The fraction of sp³-hybridized carbons (Fsp3) is 0.385. The summed E-state index contributed by atoms with van der Waals surface area (Å²) >= 11 is 3.54. The van der Waals surface area contributed by atoms with E-state index in [1.807, 2.05) is 7.05 Å². The van der Waals surface area contributed by atoms with E-state index < -0.39 is 17.6 Å². The van der Waals surface area contributed by atoms with Gasteiger partial charge in [0.1, 0.15) is 12.4 Å².